The molecule has 6 heteroatoms. The first kappa shape index (κ1) is 14.6. The molecule has 0 aromatic heterocycles. The molecule has 3 fully saturated rings. The van der Waals surface area contributed by atoms with Crippen LogP contribution in [0.25, 0.3) is 0 Å². The number of nitrogens with zero attached hydrogens (tertiary/aromatic N) is 2. The van der Waals surface area contributed by atoms with Crippen molar-refractivity contribution in [3.63, 3.8) is 0 Å². The van der Waals surface area contributed by atoms with E-state index in [1.165, 1.54) is 0 Å². The van der Waals surface area contributed by atoms with Crippen molar-refractivity contribution in [2.75, 3.05) is 26.7 Å². The van der Waals surface area contributed by atoms with Gasteiger partial charge in [-0.3, -0.25) is 4.79 Å². The molecule has 2 N–H and O–H groups in total. The Hall–Kier alpha value is -1.30. The number of fused-ring (bicyclic) bond motifs is 2. The third-order valence-electron chi connectivity index (χ3n) is 5.74. The molecular weight excluding hydrogens is 270 g/mol. The first-order chi connectivity index (χ1) is 9.97. The van der Waals surface area contributed by atoms with Gasteiger partial charge in [0.2, 0.25) is 0 Å². The van der Waals surface area contributed by atoms with Crippen LogP contribution in [0.15, 0.2) is 0 Å². The van der Waals surface area contributed by atoms with Crippen molar-refractivity contribution in [3.8, 4) is 0 Å². The molecule has 21 heavy (non-hydrogen) atoms. The zero-order valence-electron chi connectivity index (χ0n) is 12.8. The van der Waals surface area contributed by atoms with Crippen LogP contribution in [0.2, 0.25) is 0 Å². The van der Waals surface area contributed by atoms with Gasteiger partial charge in [0.05, 0.1) is 5.92 Å². The van der Waals surface area contributed by atoms with Gasteiger partial charge in [0.15, 0.2) is 0 Å². The highest BCUT2D eigenvalue weighted by atomic mass is 16.4. The second-order valence-electron chi connectivity index (χ2n) is 6.95. The summed E-state index contributed by atoms with van der Waals surface area (Å²) in [6.45, 7) is 4.40. The average molecular weight is 295 g/mol. The summed E-state index contributed by atoms with van der Waals surface area (Å²) in [5.41, 5.74) is 0. The summed E-state index contributed by atoms with van der Waals surface area (Å²) < 4.78 is 0. The predicted octanol–water partition coefficient (Wildman–Crippen LogP) is 0.831. The number of nitrogens with one attached hydrogen (secondary N) is 1. The van der Waals surface area contributed by atoms with Crippen molar-refractivity contribution in [1.29, 1.82) is 0 Å². The summed E-state index contributed by atoms with van der Waals surface area (Å²) in [5, 5.41) is 12.5. The highest BCUT2D eigenvalue weighted by molar-refractivity contribution is 5.77. The van der Waals surface area contributed by atoms with Gasteiger partial charge in [-0.1, -0.05) is 0 Å². The van der Waals surface area contributed by atoms with Crippen molar-refractivity contribution in [3.05, 3.63) is 0 Å². The van der Waals surface area contributed by atoms with E-state index in [0.717, 1.165) is 25.8 Å². The number of carbonyl (C=O) groups is 2. The lowest BCUT2D eigenvalue weighted by Gasteiger charge is -2.39. The zero-order valence-corrected chi connectivity index (χ0v) is 12.8. The number of hydrogen-bond acceptors (Lipinski definition) is 3. The number of rotatable bonds is 2. The van der Waals surface area contributed by atoms with Gasteiger partial charge in [0.1, 0.15) is 0 Å². The van der Waals surface area contributed by atoms with E-state index in [0.29, 0.717) is 25.0 Å². The molecule has 118 valence electrons. The highest BCUT2D eigenvalue weighted by Crippen LogP contribution is 2.48. The van der Waals surface area contributed by atoms with Crippen molar-refractivity contribution in [2.45, 2.75) is 38.3 Å². The number of likely N-dealkylation sites (N-methyl/N-ethyl adjacent to an activating group) is 1. The molecule has 0 aromatic rings. The Morgan fingerprint density at radius 2 is 1.90 bits per heavy atom. The van der Waals surface area contributed by atoms with Gasteiger partial charge in [-0.05, 0) is 45.1 Å². The molecule has 1 saturated heterocycles. The average Bonchev–Trinajstić information content (AvgIpc) is 3.02. The summed E-state index contributed by atoms with van der Waals surface area (Å²) in [7, 11) is 2.07. The second-order valence-corrected chi connectivity index (χ2v) is 6.95. The molecule has 2 aliphatic carbocycles. The quantitative estimate of drug-likeness (QED) is 0.791. The summed E-state index contributed by atoms with van der Waals surface area (Å²) in [5.74, 6) is -0.536. The molecule has 2 amide bonds. The van der Waals surface area contributed by atoms with E-state index in [9.17, 15) is 14.7 Å². The number of piperazine rings is 1. The minimum absolute atomic E-state index is 0.0845. The summed E-state index contributed by atoms with van der Waals surface area (Å²) >= 11 is 0. The van der Waals surface area contributed by atoms with Gasteiger partial charge in [0.25, 0.3) is 0 Å². The third kappa shape index (κ3) is 2.61. The predicted molar refractivity (Wildman–Crippen MR) is 77.9 cm³/mol. The normalized spacial score (nSPS) is 39.5. The molecule has 5 atom stereocenters. The molecule has 5 unspecified atom stereocenters. The molecule has 0 aromatic carbocycles. The van der Waals surface area contributed by atoms with Crippen molar-refractivity contribution < 1.29 is 14.7 Å². The molecular formula is C15H25N3O3. The van der Waals surface area contributed by atoms with Gasteiger partial charge in [0, 0.05) is 31.7 Å². The molecule has 6 nitrogen and oxygen atoms in total. The Kier molecular flexibility index (Phi) is 3.82. The summed E-state index contributed by atoms with van der Waals surface area (Å²) in [4.78, 5) is 28.0. The Morgan fingerprint density at radius 3 is 2.57 bits per heavy atom. The molecule has 3 aliphatic rings. The lowest BCUT2D eigenvalue weighted by atomic mass is 9.84. The molecule has 2 bridgehead atoms. The van der Waals surface area contributed by atoms with E-state index >= 15 is 0 Å². The Labute approximate surface area is 125 Å². The molecule has 0 radical (unpaired) electrons. The molecule has 2 saturated carbocycles. The topological polar surface area (TPSA) is 72.9 Å². The van der Waals surface area contributed by atoms with Gasteiger partial charge in [-0.15, -0.1) is 0 Å². The second kappa shape index (κ2) is 5.48. The fourth-order valence-corrected chi connectivity index (χ4v) is 4.32. The van der Waals surface area contributed by atoms with Gasteiger partial charge in [-0.2, -0.15) is 0 Å². The molecule has 1 aliphatic heterocycles. The Balaban J connectivity index is 1.63. The first-order valence-corrected chi connectivity index (χ1v) is 7.96. The van der Waals surface area contributed by atoms with Gasteiger partial charge < -0.3 is 20.2 Å². The van der Waals surface area contributed by atoms with Crippen molar-refractivity contribution >= 4 is 12.0 Å². The van der Waals surface area contributed by atoms with E-state index < -0.39 is 11.9 Å². The maximum atomic E-state index is 12.5. The van der Waals surface area contributed by atoms with Crippen LogP contribution in [0.1, 0.15) is 26.2 Å². The number of amides is 2. The van der Waals surface area contributed by atoms with Gasteiger partial charge in [-0.25, -0.2) is 4.79 Å². The van der Waals surface area contributed by atoms with Crippen LogP contribution in [0.5, 0.6) is 0 Å². The highest BCUT2D eigenvalue weighted by Gasteiger charge is 2.51. The van der Waals surface area contributed by atoms with Crippen LogP contribution < -0.4 is 5.32 Å². The standard InChI is InChI=1S/C15H25N3O3/c1-9-8-18(6-5-17(9)2)15(21)16-13-11-4-3-10(7-11)12(13)14(19)20/h9-13H,3-8H2,1-2H3,(H,16,21)(H,19,20). The maximum absolute atomic E-state index is 12.5. The summed E-state index contributed by atoms with van der Waals surface area (Å²) in [6.07, 6.45) is 3.01. The molecule has 1 heterocycles. The van der Waals surface area contributed by atoms with Crippen molar-refractivity contribution in [2.24, 2.45) is 17.8 Å². The lowest BCUT2D eigenvalue weighted by Crippen LogP contribution is -2.57. The van der Waals surface area contributed by atoms with E-state index in [2.05, 4.69) is 24.2 Å². The summed E-state index contributed by atoms with van der Waals surface area (Å²) in [6, 6.07) is 0.0854. The first-order valence-electron chi connectivity index (χ1n) is 7.96. The lowest BCUT2D eigenvalue weighted by molar-refractivity contribution is -0.144. The van der Waals surface area contributed by atoms with Crippen LogP contribution in [-0.2, 0) is 4.79 Å². The van der Waals surface area contributed by atoms with E-state index in [-0.39, 0.29) is 18.0 Å². The fraction of sp³-hybridized carbons (Fsp3) is 0.867. The fourth-order valence-electron chi connectivity index (χ4n) is 4.32. The van der Waals surface area contributed by atoms with Crippen LogP contribution in [-0.4, -0.2) is 65.7 Å². The third-order valence-corrected chi connectivity index (χ3v) is 5.74. The monoisotopic (exact) mass is 295 g/mol. The van der Waals surface area contributed by atoms with E-state index in [1.54, 1.807) is 0 Å². The van der Waals surface area contributed by atoms with Crippen LogP contribution in [0.4, 0.5) is 4.79 Å². The van der Waals surface area contributed by atoms with Crippen molar-refractivity contribution in [1.82, 2.24) is 15.1 Å². The van der Waals surface area contributed by atoms with Gasteiger partial charge >= 0.3 is 12.0 Å². The van der Waals surface area contributed by atoms with Crippen LogP contribution >= 0.6 is 0 Å². The zero-order chi connectivity index (χ0) is 15.1. The number of hydrogen-bond donors (Lipinski definition) is 2. The Bertz CT molecular complexity index is 442. The minimum Gasteiger partial charge on any atom is -0.481 e. The largest absolute Gasteiger partial charge is 0.481 e. The molecule has 3 rings (SSSR count). The minimum atomic E-state index is -0.751. The Morgan fingerprint density at radius 1 is 1.19 bits per heavy atom. The van der Waals surface area contributed by atoms with E-state index in [1.807, 2.05) is 4.90 Å². The smallest absolute Gasteiger partial charge is 0.317 e. The SMILES string of the molecule is CC1CN(C(=O)NC2C3CCC(C3)C2C(=O)O)CCN1C. The van der Waals surface area contributed by atoms with Crippen LogP contribution in [0, 0.1) is 17.8 Å². The number of carboxylic acids is 1. The number of aliphatic carboxylic acids is 1. The number of carbonyl (C=O) groups excluding carboxylic acids is 1. The number of carboxylic acid groups (broad SMARTS) is 1. The van der Waals surface area contributed by atoms with E-state index in [4.69, 9.17) is 0 Å². The molecule has 0 spiro atoms. The number of urea groups is 1. The maximum Gasteiger partial charge on any atom is 0.317 e. The van der Waals surface area contributed by atoms with Crippen LogP contribution in [0.3, 0.4) is 0 Å².